The second kappa shape index (κ2) is 3.21. The van der Waals surface area contributed by atoms with Gasteiger partial charge in [0.1, 0.15) is 6.04 Å². The van der Waals surface area contributed by atoms with Gasteiger partial charge in [0.25, 0.3) is 0 Å². The van der Waals surface area contributed by atoms with Gasteiger partial charge in [-0.05, 0) is 0 Å². The molecule has 1 rings (SSSR count). The van der Waals surface area contributed by atoms with Crippen LogP contribution in [0.2, 0.25) is 0 Å². The molecule has 6 nitrogen and oxygen atoms in total. The van der Waals surface area contributed by atoms with Crippen LogP contribution in [0.3, 0.4) is 0 Å². The lowest BCUT2D eigenvalue weighted by atomic mass is 10.1. The molecule has 0 aromatic heterocycles. The van der Waals surface area contributed by atoms with Gasteiger partial charge < -0.3 is 10.6 Å². The predicted octanol–water partition coefficient (Wildman–Crippen LogP) is -1.67. The van der Waals surface area contributed by atoms with Crippen molar-refractivity contribution in [2.24, 2.45) is 0 Å². The smallest absolute Gasteiger partial charge is 0.322 e. The van der Waals surface area contributed by atoms with Gasteiger partial charge in [-0.2, -0.15) is 0 Å². The van der Waals surface area contributed by atoms with Gasteiger partial charge in [0, 0.05) is 7.05 Å². The highest BCUT2D eigenvalue weighted by atomic mass is 16.2. The summed E-state index contributed by atoms with van der Waals surface area (Å²) in [7, 11) is 1.45. The SMILES string of the molecule is CNC(=O)[C@@H]1CC(=O)NC(=O)N1. The first-order chi connectivity index (χ1) is 5.63. The lowest BCUT2D eigenvalue weighted by Gasteiger charge is -2.21. The van der Waals surface area contributed by atoms with Crippen molar-refractivity contribution in [3.63, 3.8) is 0 Å². The fourth-order valence-electron chi connectivity index (χ4n) is 0.941. The molecule has 1 aliphatic rings. The van der Waals surface area contributed by atoms with Crippen molar-refractivity contribution >= 4 is 17.8 Å². The predicted molar refractivity (Wildman–Crippen MR) is 39.1 cm³/mol. The highest BCUT2D eigenvalue weighted by molar-refractivity contribution is 6.02. The number of rotatable bonds is 1. The third-order valence-corrected chi connectivity index (χ3v) is 1.51. The Morgan fingerprint density at radius 3 is 2.75 bits per heavy atom. The summed E-state index contributed by atoms with van der Waals surface area (Å²) in [6.07, 6.45) is -0.00852. The molecule has 1 saturated heterocycles. The molecule has 0 aliphatic carbocycles. The number of urea groups is 1. The van der Waals surface area contributed by atoms with Gasteiger partial charge in [-0.15, -0.1) is 0 Å². The minimum Gasteiger partial charge on any atom is -0.357 e. The Morgan fingerprint density at radius 1 is 1.58 bits per heavy atom. The zero-order valence-electron chi connectivity index (χ0n) is 6.51. The zero-order valence-corrected chi connectivity index (χ0v) is 6.51. The maximum atomic E-state index is 11.0. The Hall–Kier alpha value is -1.59. The zero-order chi connectivity index (χ0) is 9.14. The molecule has 4 amide bonds. The molecule has 3 N–H and O–H groups in total. The molecule has 1 fully saturated rings. The summed E-state index contributed by atoms with van der Waals surface area (Å²) >= 11 is 0. The number of amides is 4. The van der Waals surface area contributed by atoms with E-state index in [1.807, 2.05) is 5.32 Å². The number of hydrogen-bond acceptors (Lipinski definition) is 3. The first kappa shape index (κ1) is 8.51. The van der Waals surface area contributed by atoms with Crippen molar-refractivity contribution in [1.29, 1.82) is 0 Å². The molecule has 1 atom stereocenters. The Kier molecular flexibility index (Phi) is 2.27. The molecule has 0 unspecified atom stereocenters. The number of imide groups is 1. The normalized spacial score (nSPS) is 22.6. The quantitative estimate of drug-likeness (QED) is 0.441. The van der Waals surface area contributed by atoms with E-state index in [0.29, 0.717) is 0 Å². The number of likely N-dealkylation sites (N-methyl/N-ethyl adjacent to an activating group) is 1. The first-order valence-electron chi connectivity index (χ1n) is 3.45. The standard InChI is InChI=1S/C6H9N3O3/c1-7-5(11)3-2-4(10)9-6(12)8-3/h3H,2H2,1H3,(H,7,11)(H2,8,9,10,12)/t3-/m0/s1. The molecule has 1 heterocycles. The lowest BCUT2D eigenvalue weighted by Crippen LogP contribution is -2.57. The largest absolute Gasteiger partial charge is 0.357 e. The van der Waals surface area contributed by atoms with E-state index in [1.54, 1.807) is 0 Å². The highest BCUT2D eigenvalue weighted by Gasteiger charge is 2.28. The van der Waals surface area contributed by atoms with Crippen molar-refractivity contribution in [3.8, 4) is 0 Å². The van der Waals surface area contributed by atoms with Crippen molar-refractivity contribution in [3.05, 3.63) is 0 Å². The van der Waals surface area contributed by atoms with E-state index in [0.717, 1.165) is 0 Å². The second-order valence-electron chi connectivity index (χ2n) is 2.39. The minimum absolute atomic E-state index is 0.00852. The van der Waals surface area contributed by atoms with E-state index in [-0.39, 0.29) is 12.3 Å². The van der Waals surface area contributed by atoms with Crippen LogP contribution in [0.15, 0.2) is 0 Å². The van der Waals surface area contributed by atoms with Crippen LogP contribution in [0, 0.1) is 0 Å². The molecule has 0 aromatic rings. The lowest BCUT2D eigenvalue weighted by molar-refractivity contribution is -0.128. The Labute approximate surface area is 68.7 Å². The molecule has 6 heteroatoms. The summed E-state index contributed by atoms with van der Waals surface area (Å²) in [5, 5.41) is 6.68. The Bertz CT molecular complexity index is 222. The Balaban J connectivity index is 2.61. The molecule has 0 spiro atoms. The average molecular weight is 171 g/mol. The van der Waals surface area contributed by atoms with Crippen molar-refractivity contribution in [2.75, 3.05) is 7.05 Å². The molecule has 66 valence electrons. The van der Waals surface area contributed by atoms with E-state index in [1.165, 1.54) is 7.05 Å². The van der Waals surface area contributed by atoms with E-state index in [2.05, 4.69) is 10.6 Å². The fourth-order valence-corrected chi connectivity index (χ4v) is 0.941. The summed E-state index contributed by atoms with van der Waals surface area (Å²) < 4.78 is 0. The van der Waals surface area contributed by atoms with Crippen LogP contribution in [0.5, 0.6) is 0 Å². The number of hydrogen-bond donors (Lipinski definition) is 3. The van der Waals surface area contributed by atoms with E-state index in [9.17, 15) is 14.4 Å². The summed E-state index contributed by atoms with van der Waals surface area (Å²) in [6.45, 7) is 0. The van der Waals surface area contributed by atoms with Gasteiger partial charge >= 0.3 is 6.03 Å². The van der Waals surface area contributed by atoms with Crippen LogP contribution in [0.25, 0.3) is 0 Å². The van der Waals surface area contributed by atoms with Crippen LogP contribution in [0.4, 0.5) is 4.79 Å². The number of carbonyl (C=O) groups excluding carboxylic acids is 3. The Morgan fingerprint density at radius 2 is 2.25 bits per heavy atom. The molecular weight excluding hydrogens is 162 g/mol. The molecule has 1 aliphatic heterocycles. The van der Waals surface area contributed by atoms with Gasteiger partial charge in [-0.1, -0.05) is 0 Å². The van der Waals surface area contributed by atoms with Gasteiger partial charge in [0.2, 0.25) is 11.8 Å². The number of carbonyl (C=O) groups is 3. The molecule has 0 bridgehead atoms. The van der Waals surface area contributed by atoms with Crippen LogP contribution < -0.4 is 16.0 Å². The summed E-state index contributed by atoms with van der Waals surface area (Å²) in [6, 6.07) is -1.36. The van der Waals surface area contributed by atoms with Crippen molar-refractivity contribution in [2.45, 2.75) is 12.5 Å². The van der Waals surface area contributed by atoms with Crippen molar-refractivity contribution < 1.29 is 14.4 Å². The maximum absolute atomic E-state index is 11.0. The van der Waals surface area contributed by atoms with Crippen LogP contribution in [0.1, 0.15) is 6.42 Å². The van der Waals surface area contributed by atoms with Crippen LogP contribution in [-0.2, 0) is 9.59 Å². The average Bonchev–Trinajstić information content (AvgIpc) is 2.01. The van der Waals surface area contributed by atoms with Gasteiger partial charge in [0.15, 0.2) is 0 Å². The third-order valence-electron chi connectivity index (χ3n) is 1.51. The van der Waals surface area contributed by atoms with E-state index < -0.39 is 18.0 Å². The second-order valence-corrected chi connectivity index (χ2v) is 2.39. The monoisotopic (exact) mass is 171 g/mol. The molecule has 0 radical (unpaired) electrons. The molecule has 0 aromatic carbocycles. The summed E-state index contributed by atoms with van der Waals surface area (Å²) in [5.74, 6) is -0.800. The minimum atomic E-state index is -0.740. The summed E-state index contributed by atoms with van der Waals surface area (Å²) in [5.41, 5.74) is 0. The number of nitrogens with one attached hydrogen (secondary N) is 3. The topological polar surface area (TPSA) is 87.3 Å². The maximum Gasteiger partial charge on any atom is 0.322 e. The van der Waals surface area contributed by atoms with Crippen molar-refractivity contribution in [1.82, 2.24) is 16.0 Å². The highest BCUT2D eigenvalue weighted by Crippen LogP contribution is 1.97. The summed E-state index contributed by atoms with van der Waals surface area (Å²) in [4.78, 5) is 32.4. The van der Waals surface area contributed by atoms with Gasteiger partial charge in [-0.3, -0.25) is 14.9 Å². The van der Waals surface area contributed by atoms with Crippen LogP contribution >= 0.6 is 0 Å². The van der Waals surface area contributed by atoms with Gasteiger partial charge in [-0.25, -0.2) is 4.79 Å². The molecule has 12 heavy (non-hydrogen) atoms. The fraction of sp³-hybridized carbons (Fsp3) is 0.500. The first-order valence-corrected chi connectivity index (χ1v) is 3.45. The van der Waals surface area contributed by atoms with E-state index in [4.69, 9.17) is 0 Å². The third kappa shape index (κ3) is 1.71. The van der Waals surface area contributed by atoms with E-state index >= 15 is 0 Å². The van der Waals surface area contributed by atoms with Crippen LogP contribution in [-0.4, -0.2) is 30.9 Å². The van der Waals surface area contributed by atoms with Gasteiger partial charge in [0.05, 0.1) is 6.42 Å². The molecule has 0 saturated carbocycles. The molecular formula is C6H9N3O3.